The third kappa shape index (κ3) is 5.24. The Bertz CT molecular complexity index is 252. The first-order chi connectivity index (χ1) is 6.65. The molecule has 15 heavy (non-hydrogen) atoms. The van der Waals surface area contributed by atoms with Gasteiger partial charge >= 0.3 is 12.1 Å². The van der Waals surface area contributed by atoms with Gasteiger partial charge in [0.2, 0.25) is 5.91 Å². The van der Waals surface area contributed by atoms with Gasteiger partial charge in [0.15, 0.2) is 0 Å². The van der Waals surface area contributed by atoms with E-state index in [4.69, 9.17) is 5.11 Å². The minimum Gasteiger partial charge on any atom is -0.481 e. The third-order valence-electron chi connectivity index (χ3n) is 2.02. The maximum absolute atomic E-state index is 11.7. The van der Waals surface area contributed by atoms with Crippen LogP contribution >= 0.6 is 0 Å². The van der Waals surface area contributed by atoms with Crippen LogP contribution in [-0.2, 0) is 9.59 Å². The lowest BCUT2D eigenvalue weighted by Crippen LogP contribution is -2.40. The smallest absolute Gasteiger partial charge is 0.405 e. The quantitative estimate of drug-likeness (QED) is 0.753. The number of halogens is 3. The molecular formula is C8H12F3NO3. The number of amides is 1. The van der Waals surface area contributed by atoms with Gasteiger partial charge in [-0.3, -0.25) is 9.59 Å². The molecule has 0 aliphatic rings. The van der Waals surface area contributed by atoms with Crippen molar-refractivity contribution in [2.24, 2.45) is 11.8 Å². The number of alkyl halides is 3. The third-order valence-corrected chi connectivity index (χ3v) is 2.02. The van der Waals surface area contributed by atoms with Crippen molar-refractivity contribution in [2.75, 3.05) is 6.54 Å². The summed E-state index contributed by atoms with van der Waals surface area (Å²) >= 11 is 0. The van der Waals surface area contributed by atoms with E-state index in [1.165, 1.54) is 13.8 Å². The van der Waals surface area contributed by atoms with Crippen molar-refractivity contribution in [1.82, 2.24) is 5.32 Å². The monoisotopic (exact) mass is 227 g/mol. The van der Waals surface area contributed by atoms with Crippen LogP contribution < -0.4 is 5.32 Å². The lowest BCUT2D eigenvalue weighted by molar-refractivity contribution is -0.148. The van der Waals surface area contributed by atoms with Crippen LogP contribution in [0.1, 0.15) is 13.8 Å². The summed E-state index contributed by atoms with van der Waals surface area (Å²) in [5.41, 5.74) is 0. The highest BCUT2D eigenvalue weighted by Crippen LogP contribution is 2.14. The number of rotatable bonds is 4. The van der Waals surface area contributed by atoms with Gasteiger partial charge in [0, 0.05) is 5.92 Å². The lowest BCUT2D eigenvalue weighted by atomic mass is 9.95. The number of nitrogens with one attached hydrogen (secondary N) is 1. The molecule has 0 radical (unpaired) electrons. The van der Waals surface area contributed by atoms with Crippen molar-refractivity contribution in [3.05, 3.63) is 0 Å². The van der Waals surface area contributed by atoms with Crippen molar-refractivity contribution >= 4 is 11.9 Å². The molecule has 0 aromatic heterocycles. The Labute approximate surface area is 84.5 Å². The molecule has 0 bridgehead atoms. The van der Waals surface area contributed by atoms with Gasteiger partial charge in [-0.2, -0.15) is 13.2 Å². The maximum atomic E-state index is 11.7. The lowest BCUT2D eigenvalue weighted by Gasteiger charge is -2.16. The summed E-state index contributed by atoms with van der Waals surface area (Å²) in [6.45, 7) is 1.09. The van der Waals surface area contributed by atoms with Gasteiger partial charge in [-0.05, 0) is 0 Å². The summed E-state index contributed by atoms with van der Waals surface area (Å²) in [6, 6.07) is 0. The van der Waals surface area contributed by atoms with Crippen molar-refractivity contribution in [2.45, 2.75) is 20.0 Å². The molecular weight excluding hydrogens is 215 g/mol. The van der Waals surface area contributed by atoms with E-state index in [-0.39, 0.29) is 0 Å². The van der Waals surface area contributed by atoms with Crippen LogP contribution in [0.15, 0.2) is 0 Å². The summed E-state index contributed by atoms with van der Waals surface area (Å²) in [4.78, 5) is 21.5. The van der Waals surface area contributed by atoms with Gasteiger partial charge in [0.05, 0.1) is 5.92 Å². The van der Waals surface area contributed by atoms with Crippen LogP contribution in [-0.4, -0.2) is 29.7 Å². The second-order valence-electron chi connectivity index (χ2n) is 3.25. The maximum Gasteiger partial charge on any atom is 0.405 e. The zero-order chi connectivity index (χ0) is 12.2. The second-order valence-corrected chi connectivity index (χ2v) is 3.25. The molecule has 0 aromatic rings. The van der Waals surface area contributed by atoms with Crippen LogP contribution in [0.5, 0.6) is 0 Å². The van der Waals surface area contributed by atoms with E-state index in [9.17, 15) is 22.8 Å². The van der Waals surface area contributed by atoms with Gasteiger partial charge in [-0.1, -0.05) is 13.8 Å². The second kappa shape index (κ2) is 4.99. The number of carboxylic acids is 1. The molecule has 0 saturated carbocycles. The van der Waals surface area contributed by atoms with Gasteiger partial charge in [0.25, 0.3) is 0 Å². The fraction of sp³-hybridized carbons (Fsp3) is 0.750. The molecule has 0 fully saturated rings. The normalized spacial score (nSPS) is 15.5. The van der Waals surface area contributed by atoms with E-state index in [2.05, 4.69) is 0 Å². The standard InChI is InChI=1S/C8H12F3NO3/c1-4(5(2)7(14)15)6(13)12-3-8(9,10)11/h4-5H,3H2,1-2H3,(H,12,13)(H,14,15). The molecule has 2 atom stereocenters. The number of hydrogen-bond donors (Lipinski definition) is 2. The Hall–Kier alpha value is -1.27. The SMILES string of the molecule is CC(C(=O)O)C(C)C(=O)NCC(F)(F)F. The topological polar surface area (TPSA) is 66.4 Å². The van der Waals surface area contributed by atoms with Crippen LogP contribution in [0.25, 0.3) is 0 Å². The minimum atomic E-state index is -4.48. The summed E-state index contributed by atoms with van der Waals surface area (Å²) < 4.78 is 35.1. The Kier molecular flexibility index (Phi) is 4.57. The Morgan fingerprint density at radius 3 is 2.07 bits per heavy atom. The molecule has 0 saturated heterocycles. The Morgan fingerprint density at radius 1 is 1.27 bits per heavy atom. The number of carboxylic acid groups (broad SMARTS) is 1. The number of hydrogen-bond acceptors (Lipinski definition) is 2. The Balaban J connectivity index is 4.17. The van der Waals surface area contributed by atoms with E-state index < -0.39 is 36.4 Å². The molecule has 2 unspecified atom stereocenters. The first-order valence-corrected chi connectivity index (χ1v) is 4.22. The summed E-state index contributed by atoms with van der Waals surface area (Å²) in [5.74, 6) is -4.14. The van der Waals surface area contributed by atoms with E-state index in [1.807, 2.05) is 0 Å². The molecule has 7 heteroatoms. The fourth-order valence-corrected chi connectivity index (χ4v) is 0.789. The molecule has 4 nitrogen and oxygen atoms in total. The highest BCUT2D eigenvalue weighted by molar-refractivity contribution is 5.84. The minimum absolute atomic E-state index is 0.915. The first kappa shape index (κ1) is 13.7. The average Bonchev–Trinajstić information content (AvgIpc) is 2.10. The van der Waals surface area contributed by atoms with Gasteiger partial charge < -0.3 is 10.4 Å². The molecule has 0 aliphatic carbocycles. The largest absolute Gasteiger partial charge is 0.481 e. The van der Waals surface area contributed by atoms with Gasteiger partial charge in [0.1, 0.15) is 6.54 Å². The molecule has 0 spiro atoms. The molecule has 0 aromatic carbocycles. The number of carbonyl (C=O) groups is 2. The average molecular weight is 227 g/mol. The molecule has 0 heterocycles. The predicted molar refractivity (Wildman–Crippen MR) is 45.0 cm³/mol. The zero-order valence-corrected chi connectivity index (χ0v) is 8.26. The van der Waals surface area contributed by atoms with E-state index in [0.717, 1.165) is 0 Å². The summed E-state index contributed by atoms with van der Waals surface area (Å²) in [6.07, 6.45) is -4.48. The van der Waals surface area contributed by atoms with Crippen molar-refractivity contribution in [1.29, 1.82) is 0 Å². The van der Waals surface area contributed by atoms with Crippen LogP contribution in [0.3, 0.4) is 0 Å². The fourth-order valence-electron chi connectivity index (χ4n) is 0.789. The van der Waals surface area contributed by atoms with Crippen LogP contribution in [0, 0.1) is 11.8 Å². The first-order valence-electron chi connectivity index (χ1n) is 4.22. The van der Waals surface area contributed by atoms with E-state index in [1.54, 1.807) is 5.32 Å². The van der Waals surface area contributed by atoms with Gasteiger partial charge in [-0.25, -0.2) is 0 Å². The van der Waals surface area contributed by atoms with Crippen LogP contribution in [0.2, 0.25) is 0 Å². The molecule has 2 N–H and O–H groups in total. The Morgan fingerprint density at radius 2 is 1.73 bits per heavy atom. The molecule has 0 rings (SSSR count). The zero-order valence-electron chi connectivity index (χ0n) is 8.26. The van der Waals surface area contributed by atoms with Crippen molar-refractivity contribution < 1.29 is 27.9 Å². The van der Waals surface area contributed by atoms with E-state index in [0.29, 0.717) is 0 Å². The number of carbonyl (C=O) groups excluding carboxylic acids is 1. The van der Waals surface area contributed by atoms with Crippen molar-refractivity contribution in [3.63, 3.8) is 0 Å². The summed E-state index contributed by atoms with van der Waals surface area (Å²) in [7, 11) is 0. The van der Waals surface area contributed by atoms with Gasteiger partial charge in [-0.15, -0.1) is 0 Å². The molecule has 88 valence electrons. The summed E-state index contributed by atoms with van der Waals surface area (Å²) in [5, 5.41) is 10.2. The predicted octanol–water partition coefficient (Wildman–Crippen LogP) is 1.02. The highest BCUT2D eigenvalue weighted by atomic mass is 19.4. The highest BCUT2D eigenvalue weighted by Gasteiger charge is 2.31. The molecule has 0 aliphatic heterocycles. The number of aliphatic carboxylic acids is 1. The van der Waals surface area contributed by atoms with Crippen molar-refractivity contribution in [3.8, 4) is 0 Å². The van der Waals surface area contributed by atoms with E-state index >= 15 is 0 Å². The molecule has 1 amide bonds. The van der Waals surface area contributed by atoms with Crippen LogP contribution in [0.4, 0.5) is 13.2 Å².